The number of aryl methyl sites for hydroxylation is 1. The maximum atomic E-state index is 2.74. The molecule has 0 bridgehead atoms. The van der Waals surface area contributed by atoms with Gasteiger partial charge in [0.2, 0.25) is 0 Å². The fourth-order valence-corrected chi connectivity index (χ4v) is 24.8. The summed E-state index contributed by atoms with van der Waals surface area (Å²) < 4.78 is 6.54. The molecule has 0 heterocycles. The molecule has 206 valence electrons. The number of fused-ring (bicyclic) bond motifs is 2. The van der Waals surface area contributed by atoms with Gasteiger partial charge in [-0.15, -0.1) is 24.8 Å². The predicted molar refractivity (Wildman–Crippen MR) is 181 cm³/mol. The zero-order chi connectivity index (χ0) is 26.7. The molecule has 0 amide bonds. The van der Waals surface area contributed by atoms with E-state index in [-0.39, 0.29) is 24.8 Å². The maximum absolute atomic E-state index is 3.55. The summed E-state index contributed by atoms with van der Waals surface area (Å²) in [5, 5.41) is 0. The number of rotatable bonds is 5. The van der Waals surface area contributed by atoms with Crippen LogP contribution in [0.1, 0.15) is 48.9 Å². The summed E-state index contributed by atoms with van der Waals surface area (Å²) in [5.41, 5.74) is 14.5. The van der Waals surface area contributed by atoms with Crippen molar-refractivity contribution in [2.24, 2.45) is 5.92 Å². The van der Waals surface area contributed by atoms with E-state index in [1.54, 1.807) is 16.7 Å². The van der Waals surface area contributed by atoms with Gasteiger partial charge in [-0.25, -0.2) is 0 Å². The number of allylic oxidation sites excluding steroid dienone is 2. The van der Waals surface area contributed by atoms with Crippen LogP contribution >= 0.6 is 24.8 Å². The Morgan fingerprint density at radius 1 is 0.700 bits per heavy atom. The number of halogens is 2. The van der Waals surface area contributed by atoms with Crippen molar-refractivity contribution in [1.82, 2.24) is 0 Å². The molecular formula is C36H40Cl2SiZr. The van der Waals surface area contributed by atoms with Crippen molar-refractivity contribution < 1.29 is 17.4 Å². The van der Waals surface area contributed by atoms with E-state index in [0.29, 0.717) is 13.2 Å². The number of hydrogen-bond acceptors (Lipinski definition) is 0. The molecule has 4 heteroatoms. The van der Waals surface area contributed by atoms with Crippen LogP contribution in [0.15, 0.2) is 103 Å². The molecule has 4 aromatic rings. The summed E-state index contributed by atoms with van der Waals surface area (Å²) >= 11 is -3.55. The molecule has 0 spiro atoms. The summed E-state index contributed by atoms with van der Waals surface area (Å²) in [6, 6.07) is 33.6. The van der Waals surface area contributed by atoms with Gasteiger partial charge >= 0.3 is 232 Å². The quantitative estimate of drug-likeness (QED) is 0.187. The summed E-state index contributed by atoms with van der Waals surface area (Å²) in [6.07, 6.45) is 7.63. The Kier molecular flexibility index (Phi) is 8.81. The average Bonchev–Trinajstić information content (AvgIpc) is 3.54. The van der Waals surface area contributed by atoms with Gasteiger partial charge in [-0.2, -0.15) is 0 Å². The van der Waals surface area contributed by atoms with Gasteiger partial charge in [-0.05, 0) is 0 Å². The normalized spacial score (nSPS) is 17.5. The Labute approximate surface area is 255 Å². The zero-order valence-corrected chi connectivity index (χ0v) is 29.7. The van der Waals surface area contributed by atoms with Crippen LogP contribution in [0, 0.1) is 12.8 Å². The minimum absolute atomic E-state index is 0. The van der Waals surface area contributed by atoms with Crippen molar-refractivity contribution in [2.75, 3.05) is 0 Å². The number of benzene rings is 4. The fraction of sp³-hybridized carbons (Fsp3) is 0.222. The molecule has 0 saturated carbocycles. The minimum Gasteiger partial charge on any atom is -0.147 e. The molecule has 0 aliphatic heterocycles. The zero-order valence-electron chi connectivity index (χ0n) is 24.1. The maximum Gasteiger partial charge on any atom is -0.147 e. The predicted octanol–water partition coefficient (Wildman–Crippen LogP) is 10.4. The first-order valence-electron chi connectivity index (χ1n) is 14.0. The van der Waals surface area contributed by atoms with Gasteiger partial charge < -0.3 is 0 Å². The molecule has 0 nitrogen and oxygen atoms in total. The summed E-state index contributed by atoms with van der Waals surface area (Å²) in [4.78, 5) is 0. The second-order valence-electron chi connectivity index (χ2n) is 12.8. The fourth-order valence-electron chi connectivity index (χ4n) is 7.32. The molecule has 0 N–H and O–H groups in total. The van der Waals surface area contributed by atoms with Gasteiger partial charge in [0.25, 0.3) is 0 Å². The second-order valence-corrected chi connectivity index (χ2v) is 43.4. The molecule has 0 fully saturated rings. The molecule has 0 saturated heterocycles. The van der Waals surface area contributed by atoms with Crippen molar-refractivity contribution in [3.8, 4) is 22.3 Å². The summed E-state index contributed by atoms with van der Waals surface area (Å²) in [5.74, 6) is 0.523. The monoisotopic (exact) mass is 660 g/mol. The van der Waals surface area contributed by atoms with Crippen LogP contribution < -0.4 is 0 Å². The molecule has 0 radical (unpaired) electrons. The van der Waals surface area contributed by atoms with E-state index in [2.05, 4.69) is 146 Å². The first-order valence-corrected chi connectivity index (χ1v) is 27.7. The van der Waals surface area contributed by atoms with E-state index in [1.165, 1.54) is 38.9 Å². The summed E-state index contributed by atoms with van der Waals surface area (Å²) in [6.45, 7) is 9.57. The third-order valence-electron chi connectivity index (χ3n) is 9.17. The van der Waals surface area contributed by atoms with Crippen molar-refractivity contribution in [1.29, 1.82) is 0 Å². The van der Waals surface area contributed by atoms with Gasteiger partial charge in [-0.1, -0.05) is 0 Å². The van der Waals surface area contributed by atoms with E-state index < -0.39 is 17.4 Å². The van der Waals surface area contributed by atoms with Gasteiger partial charge in [0, 0.05) is 0 Å². The topological polar surface area (TPSA) is 0 Å². The van der Waals surface area contributed by atoms with Crippen molar-refractivity contribution in [3.05, 3.63) is 130 Å². The molecule has 2 aliphatic rings. The van der Waals surface area contributed by atoms with E-state index in [0.717, 1.165) is 0 Å². The second kappa shape index (κ2) is 11.4. The van der Waals surface area contributed by atoms with Crippen molar-refractivity contribution in [3.63, 3.8) is 0 Å². The van der Waals surface area contributed by atoms with E-state index in [4.69, 9.17) is 0 Å². The average molecular weight is 663 g/mol. The molecule has 2 aliphatic carbocycles. The van der Waals surface area contributed by atoms with Gasteiger partial charge in [0.15, 0.2) is 0 Å². The minimum atomic E-state index is -3.55. The Morgan fingerprint density at radius 3 is 1.85 bits per heavy atom. The molecule has 2 unspecified atom stereocenters. The Hall–Kier alpha value is -1.96. The van der Waals surface area contributed by atoms with Gasteiger partial charge in [-0.3, -0.25) is 0 Å². The third-order valence-corrected chi connectivity index (χ3v) is 26.6. The summed E-state index contributed by atoms with van der Waals surface area (Å²) in [7, 11) is 0. The molecule has 4 aromatic carbocycles. The third kappa shape index (κ3) is 5.00. The Morgan fingerprint density at radius 2 is 1.27 bits per heavy atom. The Balaban J connectivity index is 0.00000185. The largest absolute Gasteiger partial charge is 0.147 e. The van der Waals surface area contributed by atoms with E-state index in [9.17, 15) is 0 Å². The number of hydrogen-bond donors (Lipinski definition) is 0. The van der Waals surface area contributed by atoms with Crippen LogP contribution in [0.4, 0.5) is 0 Å². The molecule has 0 aromatic heterocycles. The molecule has 2 atom stereocenters. The van der Waals surface area contributed by atoms with Crippen LogP contribution in [-0.4, -0.2) is 6.88 Å². The molecule has 6 rings (SSSR count). The van der Waals surface area contributed by atoms with Crippen LogP contribution in [0.3, 0.4) is 0 Å². The van der Waals surface area contributed by atoms with Crippen LogP contribution in [0.25, 0.3) is 34.4 Å². The first kappa shape index (κ1) is 31.0. The van der Waals surface area contributed by atoms with Crippen molar-refractivity contribution in [2.45, 2.75) is 37.3 Å². The Bertz CT molecular complexity index is 1680. The SMILES string of the molecule is Cc1ccc(-c2ccccc2)c2c1[CH]([Zr]([CH3])([CH3])(=[SiH2])[CH]1C(C(C)C)=Cc3c(-c4ccccc4)cccc31)C=C2.Cl.Cl. The smallest absolute Gasteiger partial charge is 0.147 e. The van der Waals surface area contributed by atoms with Crippen LogP contribution in [0.2, 0.25) is 9.26 Å². The molecular weight excluding hydrogens is 623 g/mol. The van der Waals surface area contributed by atoms with E-state index >= 15 is 0 Å². The van der Waals surface area contributed by atoms with Crippen molar-refractivity contribution >= 4 is 43.8 Å². The van der Waals surface area contributed by atoms with Gasteiger partial charge in [0.1, 0.15) is 0 Å². The molecule has 40 heavy (non-hydrogen) atoms. The van der Waals surface area contributed by atoms with E-state index in [1.807, 2.05) is 0 Å². The first-order chi connectivity index (χ1) is 18.2. The van der Waals surface area contributed by atoms with Crippen LogP contribution in [0.5, 0.6) is 0 Å². The standard InChI is InChI=1S/C18H17.C16H13.2CH3.2ClH.H2Si.Zr/c1-13(2)16-11-15-9-6-10-17(18(15)12-16)14-7-4-3-5-8-14;1-12-10-11-15(13-6-3-2-4-7-13)16-9-5-8-14(12)16;;;;;;/h3-13H,1-2H3;2-11H,1H3;2*1H3;2*1H;1H2;. The van der Waals surface area contributed by atoms with Crippen LogP contribution in [-0.2, 0) is 17.4 Å². The van der Waals surface area contributed by atoms with Gasteiger partial charge in [0.05, 0.1) is 0 Å².